The Morgan fingerprint density at radius 2 is 1.84 bits per heavy atom. The first-order valence-corrected chi connectivity index (χ1v) is 12.3. The number of nitrogens with zero attached hydrogens (tertiary/aromatic N) is 1. The normalized spacial score (nSPS) is 17.4. The summed E-state index contributed by atoms with van der Waals surface area (Å²) in [7, 11) is -2.19. The Hall–Kier alpha value is -2.40. The molecule has 8 nitrogen and oxygen atoms in total. The molecule has 166 valence electrons. The molecule has 2 aromatic carbocycles. The fraction of sp³-hybridized carbons (Fsp3) is 0.333. The van der Waals surface area contributed by atoms with Gasteiger partial charge in [0.15, 0.2) is 0 Å². The maximum Gasteiger partial charge on any atom is 0.255 e. The predicted molar refractivity (Wildman–Crippen MR) is 120 cm³/mol. The first-order valence-electron chi connectivity index (χ1n) is 9.68. The number of sulfonamides is 1. The van der Waals surface area contributed by atoms with Crippen LogP contribution >= 0.6 is 11.8 Å². The molecule has 2 amide bonds. The van der Waals surface area contributed by atoms with Crippen LogP contribution in [0.2, 0.25) is 0 Å². The third-order valence-corrected chi connectivity index (χ3v) is 7.29. The number of thioether (sulfide) groups is 1. The summed E-state index contributed by atoms with van der Waals surface area (Å²) < 4.78 is 32.3. The van der Waals surface area contributed by atoms with Crippen LogP contribution in [0.3, 0.4) is 0 Å². The van der Waals surface area contributed by atoms with E-state index in [1.54, 1.807) is 36.1 Å². The van der Waals surface area contributed by atoms with Gasteiger partial charge in [0, 0.05) is 30.2 Å². The second-order valence-electron chi connectivity index (χ2n) is 7.15. The molecule has 10 heteroatoms. The van der Waals surface area contributed by atoms with E-state index < -0.39 is 16.1 Å². The molecule has 31 heavy (non-hydrogen) atoms. The monoisotopic (exact) mass is 463 g/mol. The summed E-state index contributed by atoms with van der Waals surface area (Å²) in [6.45, 7) is 1.96. The molecule has 0 bridgehead atoms. The van der Waals surface area contributed by atoms with Gasteiger partial charge in [0.1, 0.15) is 6.04 Å². The van der Waals surface area contributed by atoms with Crippen LogP contribution in [0.5, 0.6) is 0 Å². The molecule has 1 fully saturated rings. The van der Waals surface area contributed by atoms with Crippen molar-refractivity contribution in [1.82, 2.24) is 9.62 Å². The van der Waals surface area contributed by atoms with E-state index in [0.717, 1.165) is 0 Å². The largest absolute Gasteiger partial charge is 0.383 e. The van der Waals surface area contributed by atoms with Crippen LogP contribution in [0.1, 0.15) is 17.3 Å². The lowest BCUT2D eigenvalue weighted by Crippen LogP contribution is -2.44. The molecule has 1 heterocycles. The summed E-state index contributed by atoms with van der Waals surface area (Å²) in [5.41, 5.74) is 0.991. The Balaban J connectivity index is 1.65. The highest BCUT2D eigenvalue weighted by molar-refractivity contribution is 7.99. The van der Waals surface area contributed by atoms with Crippen molar-refractivity contribution in [1.29, 1.82) is 0 Å². The number of methoxy groups -OCH3 is 1. The number of anilines is 1. The van der Waals surface area contributed by atoms with Crippen LogP contribution in [0.4, 0.5) is 5.69 Å². The molecule has 0 aromatic heterocycles. The zero-order chi connectivity index (χ0) is 22.4. The van der Waals surface area contributed by atoms with E-state index in [0.29, 0.717) is 22.9 Å². The second kappa shape index (κ2) is 10.3. The zero-order valence-corrected chi connectivity index (χ0v) is 18.9. The number of benzene rings is 2. The summed E-state index contributed by atoms with van der Waals surface area (Å²) in [4.78, 5) is 27.2. The van der Waals surface area contributed by atoms with E-state index in [-0.39, 0.29) is 29.4 Å². The van der Waals surface area contributed by atoms with Gasteiger partial charge >= 0.3 is 0 Å². The molecule has 1 aliphatic rings. The third kappa shape index (κ3) is 5.85. The quantitative estimate of drug-likeness (QED) is 0.622. The number of hydrogen-bond acceptors (Lipinski definition) is 6. The molecule has 1 unspecified atom stereocenters. The smallest absolute Gasteiger partial charge is 0.255 e. The first-order chi connectivity index (χ1) is 14.8. The molecular weight excluding hydrogens is 438 g/mol. The number of carbonyl (C=O) groups excluding carboxylic acids is 2. The summed E-state index contributed by atoms with van der Waals surface area (Å²) in [6.07, 6.45) is 0. The van der Waals surface area contributed by atoms with E-state index in [4.69, 9.17) is 4.74 Å². The van der Waals surface area contributed by atoms with Gasteiger partial charge in [-0.2, -0.15) is 0 Å². The SMILES string of the molecule is COCC(C)NS(=O)(=O)c1ccc(NC(=O)[C@@H]2CSCN2C(=O)c2ccccc2)cc1. The van der Waals surface area contributed by atoms with Gasteiger partial charge in [0.25, 0.3) is 5.91 Å². The fourth-order valence-corrected chi connectivity index (χ4v) is 5.55. The van der Waals surface area contributed by atoms with Crippen LogP contribution in [0.15, 0.2) is 59.5 Å². The molecule has 2 N–H and O–H groups in total. The molecule has 0 spiro atoms. The first kappa shape index (κ1) is 23.3. The lowest BCUT2D eigenvalue weighted by Gasteiger charge is -2.23. The van der Waals surface area contributed by atoms with Gasteiger partial charge in [-0.05, 0) is 43.3 Å². The van der Waals surface area contributed by atoms with E-state index in [1.165, 1.54) is 43.1 Å². The minimum absolute atomic E-state index is 0.0887. The van der Waals surface area contributed by atoms with Gasteiger partial charge in [-0.3, -0.25) is 9.59 Å². The van der Waals surface area contributed by atoms with Gasteiger partial charge in [-0.1, -0.05) is 18.2 Å². The van der Waals surface area contributed by atoms with E-state index >= 15 is 0 Å². The van der Waals surface area contributed by atoms with Crippen LogP contribution in [-0.2, 0) is 19.6 Å². The highest BCUT2D eigenvalue weighted by atomic mass is 32.2. The van der Waals surface area contributed by atoms with Crippen molar-refractivity contribution >= 4 is 39.3 Å². The highest BCUT2D eigenvalue weighted by Gasteiger charge is 2.35. The van der Waals surface area contributed by atoms with Crippen LogP contribution in [-0.4, -0.2) is 62.6 Å². The molecule has 1 saturated heterocycles. The van der Waals surface area contributed by atoms with Gasteiger partial charge in [0.05, 0.1) is 17.4 Å². The minimum Gasteiger partial charge on any atom is -0.383 e. The fourth-order valence-electron chi connectivity index (χ4n) is 3.17. The molecule has 1 aliphatic heterocycles. The Morgan fingerprint density at radius 1 is 1.16 bits per heavy atom. The standard InChI is InChI=1S/C21H25N3O5S2/c1-15(12-29-2)23-31(27,28)18-10-8-17(9-11-18)22-20(25)19-13-30-14-24(19)21(26)16-6-4-3-5-7-16/h3-11,15,19,23H,12-14H2,1-2H3,(H,22,25)/t15?,19-/m0/s1. The van der Waals surface area contributed by atoms with Crippen molar-refractivity contribution in [3.8, 4) is 0 Å². The van der Waals surface area contributed by atoms with Crippen molar-refractivity contribution in [2.24, 2.45) is 0 Å². The lowest BCUT2D eigenvalue weighted by atomic mass is 10.1. The molecular formula is C21H25N3O5S2. The Bertz CT molecular complexity index is 1010. The summed E-state index contributed by atoms with van der Waals surface area (Å²) in [5.74, 6) is 0.437. The third-order valence-electron chi connectivity index (χ3n) is 4.67. The molecule has 0 saturated carbocycles. The van der Waals surface area contributed by atoms with Crippen molar-refractivity contribution in [3.63, 3.8) is 0 Å². The Morgan fingerprint density at radius 3 is 2.48 bits per heavy atom. The maximum absolute atomic E-state index is 12.8. The number of ether oxygens (including phenoxy) is 1. The molecule has 2 aromatic rings. The topological polar surface area (TPSA) is 105 Å². The molecule has 2 atom stereocenters. The van der Waals surface area contributed by atoms with E-state index in [1.807, 2.05) is 6.07 Å². The molecule has 0 radical (unpaired) electrons. The number of nitrogens with one attached hydrogen (secondary N) is 2. The lowest BCUT2D eigenvalue weighted by molar-refractivity contribution is -0.119. The number of hydrogen-bond donors (Lipinski definition) is 2. The number of carbonyl (C=O) groups is 2. The van der Waals surface area contributed by atoms with Crippen LogP contribution < -0.4 is 10.0 Å². The van der Waals surface area contributed by atoms with Crippen molar-refractivity contribution in [2.75, 3.05) is 30.7 Å². The average molecular weight is 464 g/mol. The summed E-state index contributed by atoms with van der Waals surface area (Å²) >= 11 is 1.51. The Kier molecular flexibility index (Phi) is 7.71. The van der Waals surface area contributed by atoms with Crippen LogP contribution in [0.25, 0.3) is 0 Å². The number of amides is 2. The highest BCUT2D eigenvalue weighted by Crippen LogP contribution is 2.24. The maximum atomic E-state index is 12.8. The van der Waals surface area contributed by atoms with Crippen molar-refractivity contribution in [3.05, 3.63) is 60.2 Å². The van der Waals surface area contributed by atoms with Crippen molar-refractivity contribution < 1.29 is 22.7 Å². The van der Waals surface area contributed by atoms with Gasteiger partial charge in [0.2, 0.25) is 15.9 Å². The predicted octanol–water partition coefficient (Wildman–Crippen LogP) is 2.15. The minimum atomic E-state index is -3.69. The van der Waals surface area contributed by atoms with Gasteiger partial charge in [-0.15, -0.1) is 11.8 Å². The second-order valence-corrected chi connectivity index (χ2v) is 9.86. The van der Waals surface area contributed by atoms with E-state index in [2.05, 4.69) is 10.0 Å². The molecule has 3 rings (SSSR count). The summed E-state index contributed by atoms with van der Waals surface area (Å²) in [6, 6.07) is 13.8. The van der Waals surface area contributed by atoms with Gasteiger partial charge < -0.3 is 15.0 Å². The van der Waals surface area contributed by atoms with Crippen molar-refractivity contribution in [2.45, 2.75) is 23.9 Å². The zero-order valence-electron chi connectivity index (χ0n) is 17.3. The molecule has 0 aliphatic carbocycles. The van der Waals surface area contributed by atoms with Gasteiger partial charge in [-0.25, -0.2) is 13.1 Å². The van der Waals surface area contributed by atoms with E-state index in [9.17, 15) is 18.0 Å². The number of rotatable bonds is 8. The summed E-state index contributed by atoms with van der Waals surface area (Å²) in [5, 5.41) is 2.78. The Labute approximate surface area is 186 Å². The average Bonchev–Trinajstić information content (AvgIpc) is 3.24. The van der Waals surface area contributed by atoms with Crippen LogP contribution in [0, 0.1) is 0 Å².